The Labute approximate surface area is 312 Å². The van der Waals surface area contributed by atoms with Gasteiger partial charge in [0.05, 0.1) is 51.7 Å². The van der Waals surface area contributed by atoms with Gasteiger partial charge in [-0.2, -0.15) is 5.26 Å². The van der Waals surface area contributed by atoms with Crippen LogP contribution in [0.5, 0.6) is 0 Å². The predicted octanol–water partition coefficient (Wildman–Crippen LogP) is 9.12. The summed E-state index contributed by atoms with van der Waals surface area (Å²) in [6, 6.07) is 14.7. The fraction of sp³-hybridized carbons (Fsp3) is 0.400. The van der Waals surface area contributed by atoms with Crippen LogP contribution in [-0.4, -0.2) is 56.9 Å². The van der Waals surface area contributed by atoms with E-state index in [4.69, 9.17) is 32.9 Å². The number of nitriles is 1. The highest BCUT2D eigenvalue weighted by Gasteiger charge is 2.38. The molecule has 2 aliphatic heterocycles. The zero-order valence-electron chi connectivity index (χ0n) is 29.6. The van der Waals surface area contributed by atoms with E-state index < -0.39 is 11.4 Å². The molecule has 0 unspecified atom stereocenters. The van der Waals surface area contributed by atoms with Crippen LogP contribution < -0.4 is 5.32 Å². The number of carbonyl (C=O) groups excluding carboxylic acids is 1. The molecule has 2 aliphatic rings. The number of hydrogen-bond acceptors (Lipinski definition) is 7. The van der Waals surface area contributed by atoms with Crippen LogP contribution in [0.2, 0.25) is 10.0 Å². The number of nitrogens with zero attached hydrogens (tertiary/aromatic N) is 5. The quantitative estimate of drug-likeness (QED) is 0.163. The van der Waals surface area contributed by atoms with Gasteiger partial charge in [-0.05, 0) is 88.4 Å². The van der Waals surface area contributed by atoms with E-state index in [9.17, 15) is 15.2 Å². The number of carbonyl (C=O) groups is 1. The van der Waals surface area contributed by atoms with E-state index >= 15 is 4.39 Å². The zero-order valence-corrected chi connectivity index (χ0v) is 31.2. The third kappa shape index (κ3) is 6.28. The molecule has 0 bridgehead atoms. The van der Waals surface area contributed by atoms with Gasteiger partial charge in [-0.3, -0.25) is 9.88 Å². The van der Waals surface area contributed by atoms with Crippen molar-refractivity contribution in [2.24, 2.45) is 5.92 Å². The summed E-state index contributed by atoms with van der Waals surface area (Å²) in [5, 5.41) is 25.7. The number of hydrogen-bond donors (Lipinski definition) is 2. The fourth-order valence-electron chi connectivity index (χ4n) is 7.90. The number of ether oxygens (including phenoxy) is 1. The molecule has 1 amide bonds. The number of aromatic nitrogens is 3. The number of aryl methyl sites for hydroxylation is 1. The molecule has 5 aromatic rings. The van der Waals surface area contributed by atoms with Gasteiger partial charge >= 0.3 is 6.09 Å². The number of aliphatic hydroxyl groups is 1. The van der Waals surface area contributed by atoms with E-state index in [1.54, 1.807) is 56.1 Å². The van der Waals surface area contributed by atoms with Gasteiger partial charge in [0.15, 0.2) is 5.82 Å². The second kappa shape index (κ2) is 14.3. The first-order chi connectivity index (χ1) is 24.9. The molecule has 9 nitrogen and oxygen atoms in total. The van der Waals surface area contributed by atoms with Gasteiger partial charge in [0, 0.05) is 58.9 Å². The number of fused-ring (bicyclic) bond motifs is 3. The van der Waals surface area contributed by atoms with Gasteiger partial charge in [-0.25, -0.2) is 14.2 Å². The molecule has 0 saturated carbocycles. The van der Waals surface area contributed by atoms with E-state index in [0.29, 0.717) is 46.6 Å². The third-order valence-electron chi connectivity index (χ3n) is 10.4. The lowest BCUT2D eigenvalue weighted by Gasteiger charge is -2.29. The van der Waals surface area contributed by atoms with E-state index in [2.05, 4.69) is 33.9 Å². The Bertz CT molecular complexity index is 2230. The first-order valence-corrected chi connectivity index (χ1v) is 18.5. The lowest BCUT2D eigenvalue weighted by molar-refractivity contribution is 0.0738. The first kappa shape index (κ1) is 36.1. The topological polar surface area (TPSA) is 116 Å². The van der Waals surface area contributed by atoms with Crippen LogP contribution >= 0.6 is 23.2 Å². The number of likely N-dealkylation sites (tertiary alicyclic amines) is 1. The summed E-state index contributed by atoms with van der Waals surface area (Å²) in [6.45, 7) is 9.65. The van der Waals surface area contributed by atoms with Gasteiger partial charge < -0.3 is 19.7 Å². The SMILES string of the molecule is CCOC(=O)N1CCC[C@@H]1c1cc2c(-c3ccc(C(C)(C)O)nc3)nc3c(F)c(-c4cccc(Cl)c4Cl)c(CCC#N)cc3c2n1[C@@H]1CNC[C@H]1C. The van der Waals surface area contributed by atoms with Crippen LogP contribution in [-0.2, 0) is 16.8 Å². The average molecular weight is 744 g/mol. The highest BCUT2D eigenvalue weighted by molar-refractivity contribution is 6.43. The molecule has 3 aromatic heterocycles. The summed E-state index contributed by atoms with van der Waals surface area (Å²) in [5.74, 6) is -0.349. The van der Waals surface area contributed by atoms with Crippen LogP contribution in [0.25, 0.3) is 44.2 Å². The Hall–Kier alpha value is -4.27. The van der Waals surface area contributed by atoms with Crippen LogP contribution in [0.3, 0.4) is 0 Å². The van der Waals surface area contributed by atoms with Crippen LogP contribution in [0.4, 0.5) is 9.18 Å². The molecule has 0 aliphatic carbocycles. The van der Waals surface area contributed by atoms with Gasteiger partial charge in [-0.15, -0.1) is 0 Å². The predicted molar refractivity (Wildman–Crippen MR) is 202 cm³/mol. The molecule has 7 rings (SSSR count). The molecule has 2 N–H and O–H groups in total. The summed E-state index contributed by atoms with van der Waals surface area (Å²) < 4.78 is 25.4. The summed E-state index contributed by atoms with van der Waals surface area (Å²) in [4.78, 5) is 24.8. The third-order valence-corrected chi connectivity index (χ3v) is 11.2. The maximum absolute atomic E-state index is 17.6. The molecular weight excluding hydrogens is 702 g/mol. The standard InChI is InChI=1S/C40H41Cl2FN6O3/c1-5-52-39(50)48-16-8-12-29(48)30-18-27-36(24-13-14-32(46-20-24)40(3,4)51)47-37-26(38(27)49(30)31-21-45-19-22(31)2)17-23(9-7-15-44)33(35(37)43)25-10-6-11-28(41)34(25)42/h6,10-11,13-14,17-18,20,22,29,31,45,51H,5,7-9,12,16,19,21H2,1-4H3/t22-,29-,31-/m1/s1. The van der Waals surface area contributed by atoms with Crippen molar-refractivity contribution in [2.75, 3.05) is 26.2 Å². The number of pyridine rings is 2. The number of halogens is 3. The normalized spacial score (nSPS) is 19.1. The highest BCUT2D eigenvalue weighted by Crippen LogP contribution is 2.46. The van der Waals surface area contributed by atoms with Crippen molar-refractivity contribution in [3.63, 3.8) is 0 Å². The minimum Gasteiger partial charge on any atom is -0.450 e. The van der Waals surface area contributed by atoms with Crippen molar-refractivity contribution < 1.29 is 19.0 Å². The fourth-order valence-corrected chi connectivity index (χ4v) is 8.30. The molecule has 52 heavy (non-hydrogen) atoms. The van der Waals surface area contributed by atoms with Gasteiger partial charge in [-0.1, -0.05) is 42.3 Å². The van der Waals surface area contributed by atoms with Crippen molar-refractivity contribution in [3.8, 4) is 28.5 Å². The molecule has 5 heterocycles. The molecule has 2 saturated heterocycles. The lowest BCUT2D eigenvalue weighted by Crippen LogP contribution is -2.33. The maximum atomic E-state index is 17.6. The highest BCUT2D eigenvalue weighted by atomic mass is 35.5. The molecule has 0 spiro atoms. The zero-order chi connectivity index (χ0) is 36.9. The molecule has 2 aromatic carbocycles. The number of amides is 1. The van der Waals surface area contributed by atoms with Crippen LogP contribution in [0, 0.1) is 23.1 Å². The van der Waals surface area contributed by atoms with Crippen molar-refractivity contribution in [3.05, 3.63) is 81.5 Å². The van der Waals surface area contributed by atoms with Crippen LogP contribution in [0.15, 0.2) is 48.7 Å². The molecule has 270 valence electrons. The first-order valence-electron chi connectivity index (χ1n) is 17.8. The Morgan fingerprint density at radius 1 is 1.19 bits per heavy atom. The largest absolute Gasteiger partial charge is 0.450 e. The van der Waals surface area contributed by atoms with Crippen LogP contribution in [0.1, 0.15) is 76.0 Å². The molecule has 3 atom stereocenters. The summed E-state index contributed by atoms with van der Waals surface area (Å²) in [7, 11) is 0. The minimum atomic E-state index is -1.16. The van der Waals surface area contributed by atoms with E-state index in [1.165, 1.54) is 0 Å². The van der Waals surface area contributed by atoms with E-state index in [1.807, 2.05) is 12.1 Å². The summed E-state index contributed by atoms with van der Waals surface area (Å²) in [6.07, 6.45) is 3.30. The minimum absolute atomic E-state index is 0.0149. The number of rotatable bonds is 8. The maximum Gasteiger partial charge on any atom is 0.410 e. The van der Waals surface area contributed by atoms with Gasteiger partial charge in [0.1, 0.15) is 11.1 Å². The Morgan fingerprint density at radius 2 is 2.00 bits per heavy atom. The second-order valence-corrected chi connectivity index (χ2v) is 15.1. The lowest BCUT2D eigenvalue weighted by atomic mass is 9.92. The van der Waals surface area contributed by atoms with Crippen molar-refractivity contribution >= 4 is 51.1 Å². The smallest absolute Gasteiger partial charge is 0.410 e. The Morgan fingerprint density at radius 3 is 2.67 bits per heavy atom. The Kier molecular flexibility index (Phi) is 9.91. The molecular formula is C40H41Cl2FN6O3. The van der Waals surface area contributed by atoms with Crippen molar-refractivity contribution in [2.45, 2.75) is 71.1 Å². The van der Waals surface area contributed by atoms with E-state index in [-0.39, 0.29) is 64.7 Å². The second-order valence-electron chi connectivity index (χ2n) is 14.3. The van der Waals surface area contributed by atoms with Crippen molar-refractivity contribution in [1.29, 1.82) is 5.26 Å². The monoisotopic (exact) mass is 742 g/mol. The molecule has 0 radical (unpaired) electrons. The number of nitrogens with one attached hydrogen (secondary N) is 1. The van der Waals surface area contributed by atoms with Gasteiger partial charge in [0.25, 0.3) is 0 Å². The van der Waals surface area contributed by atoms with Crippen molar-refractivity contribution in [1.82, 2.24) is 24.8 Å². The average Bonchev–Trinajstić information content (AvgIpc) is 3.87. The van der Waals surface area contributed by atoms with Gasteiger partial charge in [0.2, 0.25) is 0 Å². The molecule has 12 heteroatoms. The summed E-state index contributed by atoms with van der Waals surface area (Å²) in [5.41, 5.74) is 3.63. The Balaban J connectivity index is 1.61. The molecule has 2 fully saturated rings. The van der Waals surface area contributed by atoms with E-state index in [0.717, 1.165) is 36.0 Å². The number of benzene rings is 2. The summed E-state index contributed by atoms with van der Waals surface area (Å²) >= 11 is 13.2.